The molecule has 6 saturated heterocycles. The summed E-state index contributed by atoms with van der Waals surface area (Å²) in [5, 5.41) is 21.5. The van der Waals surface area contributed by atoms with Crippen molar-refractivity contribution in [3.63, 3.8) is 0 Å². The third kappa shape index (κ3) is 42.4. The van der Waals surface area contributed by atoms with Crippen LogP contribution in [-0.4, -0.2) is 215 Å². The second kappa shape index (κ2) is 51.7. The maximum Gasteiger partial charge on any atom is 2.00 e. The number of benzene rings is 5. The number of hydrogen-bond donors (Lipinski definition) is 3. The van der Waals surface area contributed by atoms with Crippen molar-refractivity contribution in [2.75, 3.05) is 84.4 Å². The van der Waals surface area contributed by atoms with Gasteiger partial charge in [-0.2, -0.15) is 28.8 Å². The number of hydrogen-bond acceptors (Lipinski definition) is 16. The summed E-state index contributed by atoms with van der Waals surface area (Å²) in [7, 11) is 3.08. The Morgan fingerprint density at radius 2 is 0.806 bits per heavy atom. The molecule has 22 nitrogen and oxygen atoms in total. The molecule has 7 aromatic rings. The molecule has 0 spiro atoms. The number of anilines is 1. The smallest absolute Gasteiger partial charge is 1.00 e. The first kappa shape index (κ1) is 109. The summed E-state index contributed by atoms with van der Waals surface area (Å²) in [4.78, 5) is 87.1. The number of rotatable bonds is 10. The number of nitrogens with one attached hydrogen (secondary N) is 1. The number of ketones is 1. The number of aryl methyl sites for hydroxylation is 2. The summed E-state index contributed by atoms with van der Waals surface area (Å²) in [6.45, 7) is 26.5. The fourth-order valence-electron chi connectivity index (χ4n) is 13.4. The van der Waals surface area contributed by atoms with Crippen LogP contribution in [0.4, 0.5) is 55.3 Å². The van der Waals surface area contributed by atoms with Crippen LogP contribution in [0.25, 0.3) is 0 Å². The maximum atomic E-state index is 15.0. The molecule has 6 aliphatic rings. The Hall–Kier alpha value is -8.85. The van der Waals surface area contributed by atoms with Crippen LogP contribution < -0.4 is 34.6 Å². The minimum atomic E-state index is -1.43. The third-order valence-corrected chi connectivity index (χ3v) is 19.8. The maximum absolute atomic E-state index is 15.0. The minimum absolute atomic E-state index is 0. The fourth-order valence-corrected chi connectivity index (χ4v) is 13.4. The normalized spacial score (nSPS) is 16.6. The minimum Gasteiger partial charge on any atom is -1.00 e. The monoisotopic (exact) mass is 1790 g/mol. The Labute approximate surface area is 752 Å². The molecule has 4 N–H and O–H groups in total. The Morgan fingerprint density at radius 1 is 0.476 bits per heavy atom. The van der Waals surface area contributed by atoms with Crippen LogP contribution >= 0.6 is 12.4 Å². The van der Waals surface area contributed by atoms with Crippen molar-refractivity contribution < 1.29 is 95.6 Å². The van der Waals surface area contributed by atoms with Gasteiger partial charge < -0.3 is 67.1 Å². The van der Waals surface area contributed by atoms with Crippen LogP contribution in [0.15, 0.2) is 155 Å². The molecule has 8 heterocycles. The molecule has 2 aromatic heterocycles. The molecule has 0 aliphatic carbocycles. The zero-order valence-corrected chi connectivity index (χ0v) is 76.2. The van der Waals surface area contributed by atoms with E-state index < -0.39 is 45.5 Å². The van der Waals surface area contributed by atoms with E-state index in [1.165, 1.54) is 119 Å². The van der Waals surface area contributed by atoms with Crippen LogP contribution in [0.5, 0.6) is 0 Å². The summed E-state index contributed by atoms with van der Waals surface area (Å²) in [6, 6.07) is 36.4. The van der Waals surface area contributed by atoms with Crippen LogP contribution in [0, 0.1) is 36.0 Å². The molecule has 0 bridgehead atoms. The zero-order valence-electron chi connectivity index (χ0n) is 73.2. The fraction of sp³-hybridized carbons (Fsp3) is 0.516. The molecular formula is C91H122Cl2F8MgN10O12. The number of piperidine rings is 5. The first-order chi connectivity index (χ1) is 56.7. The first-order valence-electron chi connectivity index (χ1n) is 40.9. The summed E-state index contributed by atoms with van der Waals surface area (Å²) in [5.41, 5.74) is 2.47. The summed E-state index contributed by atoms with van der Waals surface area (Å²) in [6.07, 6.45) is 6.40. The molecule has 0 atom stereocenters. The summed E-state index contributed by atoms with van der Waals surface area (Å²) < 4.78 is 132. The molecular weight excluding hydrogens is 1670 g/mol. The van der Waals surface area contributed by atoms with Crippen molar-refractivity contribution in [3.8, 4) is 0 Å². The number of likely N-dealkylation sites (tertiary alicyclic amines) is 4. The van der Waals surface area contributed by atoms with E-state index in [0.717, 1.165) is 24.3 Å². The van der Waals surface area contributed by atoms with E-state index >= 15 is 4.39 Å². The van der Waals surface area contributed by atoms with Gasteiger partial charge in [-0.05, 0) is 223 Å². The number of nitrogens with zero attached hydrogens (tertiary/aromatic N) is 8. The van der Waals surface area contributed by atoms with E-state index in [4.69, 9.17) is 24.7 Å². The molecule has 0 radical (unpaired) electrons. The molecule has 0 saturated carbocycles. The predicted molar refractivity (Wildman–Crippen MR) is 462 cm³/mol. The molecule has 33 heteroatoms. The SMILES string of the molecule is C1CCOC1.CC(C)(C)OC(=O)N1CCC(=O)CC1.CC(C)(C)OC(=O)N1CCC(F)(Cc2cccc(F)c2)CC1.CC(C)(C)OC(=O)N1CCC(O)(Cc2cccc(F)c2)CC1.Cl.Cn1nc(CC(=O)N2CCC(F)(Cc3cccc(F)c3)CC2)ccc1=O.Cn1nc(N)ccc1=O.Fc1cccc(CC2(F)CCNCC2)c1.[CH2-]c1cccc(F)c1.[Cl-].[Mg+2]. The molecule has 0 unspecified atom stereocenters. The van der Waals surface area contributed by atoms with Crippen LogP contribution in [-0.2, 0) is 74.7 Å². The summed E-state index contributed by atoms with van der Waals surface area (Å²) in [5.74, 6) is -1.09. The molecule has 4 amide bonds. The molecule has 5 aromatic carbocycles. The van der Waals surface area contributed by atoms with Gasteiger partial charge in [0.15, 0.2) is 0 Å². The molecule has 6 fully saturated rings. The van der Waals surface area contributed by atoms with Crippen molar-refractivity contribution in [3.05, 3.63) is 236 Å². The van der Waals surface area contributed by atoms with Crippen LogP contribution in [0.2, 0.25) is 0 Å². The molecule has 6 aliphatic heterocycles. The Balaban J connectivity index is 0.000000378. The van der Waals surface area contributed by atoms with Crippen molar-refractivity contribution in [2.45, 2.75) is 211 Å². The number of aromatic nitrogens is 4. The second-order valence-corrected chi connectivity index (χ2v) is 34.1. The van der Waals surface area contributed by atoms with Gasteiger partial charge in [0.05, 0.1) is 23.5 Å². The van der Waals surface area contributed by atoms with Gasteiger partial charge in [-0.15, -0.1) is 24.5 Å². The molecule has 124 heavy (non-hydrogen) atoms. The number of aliphatic hydroxyl groups is 1. The Morgan fingerprint density at radius 3 is 1.13 bits per heavy atom. The van der Waals surface area contributed by atoms with E-state index in [9.17, 15) is 69.4 Å². The van der Waals surface area contributed by atoms with Crippen LogP contribution in [0.1, 0.15) is 173 Å². The number of nitrogens with two attached hydrogens (primary N) is 1. The first-order valence-corrected chi connectivity index (χ1v) is 40.9. The quantitative estimate of drug-likeness (QED) is 0.0497. The van der Waals surface area contributed by atoms with E-state index in [1.54, 1.807) is 103 Å². The van der Waals surface area contributed by atoms with Gasteiger partial charge in [0.2, 0.25) is 5.91 Å². The van der Waals surface area contributed by atoms with Crippen molar-refractivity contribution >= 4 is 71.2 Å². The number of amides is 4. The van der Waals surface area contributed by atoms with Gasteiger partial charge in [-0.3, -0.25) is 19.2 Å². The van der Waals surface area contributed by atoms with Crippen molar-refractivity contribution in [1.82, 2.24) is 44.5 Å². The molecule has 680 valence electrons. The number of Topliss-reactive ketones (excluding diaryl/α,β-unsaturated/α-hetero) is 1. The van der Waals surface area contributed by atoms with Gasteiger partial charge >= 0.3 is 41.3 Å². The zero-order chi connectivity index (χ0) is 89.4. The Bertz CT molecular complexity index is 4450. The third-order valence-electron chi connectivity index (χ3n) is 19.8. The largest absolute Gasteiger partial charge is 2.00 e. The number of halogens is 10. The van der Waals surface area contributed by atoms with Crippen molar-refractivity contribution in [1.29, 1.82) is 0 Å². The number of carbonyl (C=O) groups is 5. The standard InChI is InChI=1S/C19H21F2N3O2.C17H23F2NO2.C17H24FNO3.C12H15F2N.C10H17NO3.C7H6F.C5H7N3O.C4H8O.2ClH.Mg/c1-23-17(25)6-5-16(22-23)12-18(26)24-9-7-19(21,8-10-24)13-14-3-2-4-15(20)11-14;1-16(2,3)22-15(21)20-9-7-17(19,8-10-20)12-13-5-4-6-14(18)11-13;1-16(2,3)22-15(20)19-9-7-17(21,8-10-19)12-13-5-4-6-14(18)11-13;13-11-3-1-2-10(8-11)9-12(14)4-6-15-7-5-12;1-10(2,3)14-9(13)11-6-4-8(12)5-7-11;1-6-3-2-4-7(8)5-6;1-8-5(9)3-2-4(6)7-8;1-2-4-5-3-1;;;/h2-6,11H,7-10,12-13H2,1H3;4-6,11H,7-10,12H2,1-3H3;4-6,11,21H,7-10,12H2,1-3H3;1-3,8,15H,4-7,9H2;4-7H2,1-3H3;2-5H,1H2;2-3H,1H3,(H2,6,7);1-4H2;2*1H;/q;;;;;-1;;;;;+2/p-1. The topological polar surface area (TPSA) is 263 Å². The summed E-state index contributed by atoms with van der Waals surface area (Å²) >= 11 is 0. The van der Waals surface area contributed by atoms with E-state index in [2.05, 4.69) is 22.4 Å². The van der Waals surface area contributed by atoms with E-state index in [1.807, 2.05) is 41.5 Å². The van der Waals surface area contributed by atoms with Crippen molar-refractivity contribution in [2.24, 2.45) is 14.1 Å². The average Bonchev–Trinajstić information content (AvgIpc) is 0.859. The number of alkyl halides is 3. The van der Waals surface area contributed by atoms with Gasteiger partial charge in [0.1, 0.15) is 68.7 Å². The second-order valence-electron chi connectivity index (χ2n) is 34.1. The number of ether oxygens (including phenoxy) is 4. The average molecular weight is 1800 g/mol. The Kier molecular flexibility index (Phi) is 45.6. The van der Waals surface area contributed by atoms with E-state index in [-0.39, 0.29) is 157 Å². The van der Waals surface area contributed by atoms with Crippen LogP contribution in [0.3, 0.4) is 0 Å². The van der Waals surface area contributed by atoms with E-state index in [0.29, 0.717) is 145 Å². The van der Waals surface area contributed by atoms with Gasteiger partial charge in [0, 0.05) is 130 Å². The van der Waals surface area contributed by atoms with Gasteiger partial charge in [-0.1, -0.05) is 54.6 Å². The molecule has 13 rings (SSSR count). The van der Waals surface area contributed by atoms with Gasteiger partial charge in [0.25, 0.3) is 11.1 Å². The van der Waals surface area contributed by atoms with Gasteiger partial charge in [-0.25, -0.2) is 58.9 Å². The predicted octanol–water partition coefficient (Wildman–Crippen LogP) is 12.5. The number of nitrogen functional groups attached to an aromatic ring is 1. The number of carbonyl (C=O) groups excluding carboxylic acids is 5.